The van der Waals surface area contributed by atoms with Crippen LogP contribution < -0.4 is 5.32 Å². The second kappa shape index (κ2) is 6.00. The Bertz CT molecular complexity index is 796. The summed E-state index contributed by atoms with van der Waals surface area (Å²) in [6.45, 7) is 6.09. The van der Waals surface area contributed by atoms with E-state index in [1.807, 2.05) is 44.4 Å². The van der Waals surface area contributed by atoms with Crippen LogP contribution in [0.15, 0.2) is 40.5 Å². The van der Waals surface area contributed by atoms with Crippen molar-refractivity contribution in [1.29, 1.82) is 0 Å². The van der Waals surface area contributed by atoms with E-state index in [-0.39, 0.29) is 5.91 Å². The molecule has 3 rings (SSSR count). The maximum Gasteiger partial charge on any atom is 0.229 e. The van der Waals surface area contributed by atoms with Gasteiger partial charge in [0, 0.05) is 17.7 Å². The van der Waals surface area contributed by atoms with Gasteiger partial charge in [-0.2, -0.15) is 5.10 Å². The average Bonchev–Trinajstić information content (AvgIpc) is 3.19. The molecule has 0 saturated heterocycles. The van der Waals surface area contributed by atoms with Crippen LogP contribution in [0.1, 0.15) is 26.5 Å². The molecule has 0 aliphatic heterocycles. The molecule has 120 valence electrons. The minimum absolute atomic E-state index is 0.0431. The van der Waals surface area contributed by atoms with Crippen molar-refractivity contribution >= 4 is 22.9 Å². The predicted octanol–water partition coefficient (Wildman–Crippen LogP) is 3.63. The highest BCUT2D eigenvalue weighted by atomic mass is 32.1. The van der Waals surface area contributed by atoms with Crippen LogP contribution in [-0.4, -0.2) is 20.8 Å². The van der Waals surface area contributed by atoms with Crippen molar-refractivity contribution in [2.75, 3.05) is 5.32 Å². The number of hydrogen-bond acceptors (Lipinski definition) is 5. The van der Waals surface area contributed by atoms with Gasteiger partial charge in [0.2, 0.25) is 5.91 Å². The number of carbonyl (C=O) groups excluding carboxylic acids is 1. The lowest BCUT2D eigenvalue weighted by atomic mass is 9.96. The molecule has 0 unspecified atom stereocenters. The van der Waals surface area contributed by atoms with Gasteiger partial charge in [-0.1, -0.05) is 32.0 Å². The first-order chi connectivity index (χ1) is 10.9. The van der Waals surface area contributed by atoms with Gasteiger partial charge >= 0.3 is 0 Å². The Morgan fingerprint density at radius 1 is 1.43 bits per heavy atom. The average molecular weight is 330 g/mol. The molecule has 0 aliphatic carbocycles. The molecule has 0 bridgehead atoms. The van der Waals surface area contributed by atoms with Gasteiger partial charge in [0.15, 0.2) is 5.76 Å². The summed E-state index contributed by atoms with van der Waals surface area (Å²) in [7, 11) is 0. The summed E-state index contributed by atoms with van der Waals surface area (Å²) < 4.78 is 7.06. The topological polar surface area (TPSA) is 73.0 Å². The smallest absolute Gasteiger partial charge is 0.229 e. The van der Waals surface area contributed by atoms with Gasteiger partial charge in [-0.25, -0.2) is 0 Å². The zero-order valence-electron chi connectivity index (χ0n) is 13.2. The first-order valence-electron chi connectivity index (χ1n) is 7.25. The molecule has 0 atom stereocenters. The van der Waals surface area contributed by atoms with E-state index in [1.54, 1.807) is 28.4 Å². The number of aromatic nitrogens is 3. The number of nitrogens with zero attached hydrogens (tertiary/aromatic N) is 3. The van der Waals surface area contributed by atoms with Crippen molar-refractivity contribution in [2.24, 2.45) is 5.41 Å². The van der Waals surface area contributed by atoms with Crippen LogP contribution in [-0.2, 0) is 11.3 Å². The minimum Gasteiger partial charge on any atom is -0.355 e. The molecular weight excluding hydrogens is 312 g/mol. The Morgan fingerprint density at radius 2 is 2.26 bits per heavy atom. The van der Waals surface area contributed by atoms with E-state index in [2.05, 4.69) is 15.6 Å². The molecule has 1 N–H and O–H groups in total. The second-order valence-electron chi connectivity index (χ2n) is 6.29. The summed E-state index contributed by atoms with van der Waals surface area (Å²) in [5.41, 5.74) is 1.01. The van der Waals surface area contributed by atoms with Gasteiger partial charge in [-0.15, -0.1) is 11.3 Å². The number of rotatable bonds is 4. The lowest BCUT2D eigenvalue weighted by Crippen LogP contribution is -2.27. The molecule has 7 heteroatoms. The highest BCUT2D eigenvalue weighted by Gasteiger charge is 2.21. The molecule has 6 nitrogen and oxygen atoms in total. The maximum atomic E-state index is 12.0. The number of amides is 1. The van der Waals surface area contributed by atoms with Crippen molar-refractivity contribution in [3.05, 3.63) is 41.7 Å². The molecule has 3 heterocycles. The zero-order chi connectivity index (χ0) is 16.4. The van der Waals surface area contributed by atoms with Crippen LogP contribution >= 0.6 is 11.3 Å². The fourth-order valence-corrected chi connectivity index (χ4v) is 2.59. The van der Waals surface area contributed by atoms with Gasteiger partial charge in [-0.05, 0) is 11.4 Å². The predicted molar refractivity (Wildman–Crippen MR) is 89.2 cm³/mol. The molecular formula is C16H18N4O2S. The van der Waals surface area contributed by atoms with E-state index in [0.29, 0.717) is 12.2 Å². The Labute approximate surface area is 138 Å². The highest BCUT2D eigenvalue weighted by molar-refractivity contribution is 7.13. The van der Waals surface area contributed by atoms with Gasteiger partial charge in [0.05, 0.1) is 23.3 Å². The molecule has 1 amide bonds. The summed E-state index contributed by atoms with van der Waals surface area (Å²) in [6, 6.07) is 5.86. The lowest BCUT2D eigenvalue weighted by Gasteiger charge is -2.16. The normalized spacial score (nSPS) is 11.6. The van der Waals surface area contributed by atoms with E-state index in [9.17, 15) is 4.79 Å². The monoisotopic (exact) mass is 330 g/mol. The van der Waals surface area contributed by atoms with Crippen LogP contribution in [0.2, 0.25) is 0 Å². The second-order valence-corrected chi connectivity index (χ2v) is 7.24. The Balaban J connectivity index is 1.66. The van der Waals surface area contributed by atoms with E-state index in [4.69, 9.17) is 4.52 Å². The molecule has 0 spiro atoms. The molecule has 0 radical (unpaired) electrons. The van der Waals surface area contributed by atoms with Crippen LogP contribution in [0.25, 0.3) is 10.6 Å². The van der Waals surface area contributed by atoms with Crippen LogP contribution in [0, 0.1) is 5.41 Å². The van der Waals surface area contributed by atoms with E-state index >= 15 is 0 Å². The summed E-state index contributed by atoms with van der Waals surface area (Å²) in [5.74, 6) is 0.710. The van der Waals surface area contributed by atoms with Gasteiger partial charge in [0.1, 0.15) is 5.69 Å². The van der Waals surface area contributed by atoms with Crippen molar-refractivity contribution < 1.29 is 9.32 Å². The molecule has 23 heavy (non-hydrogen) atoms. The molecule has 0 aliphatic rings. The fourth-order valence-electron chi connectivity index (χ4n) is 1.92. The third-order valence-corrected chi connectivity index (χ3v) is 4.10. The molecule has 3 aromatic heterocycles. The first-order valence-corrected chi connectivity index (χ1v) is 8.13. The van der Waals surface area contributed by atoms with Crippen molar-refractivity contribution in [1.82, 2.24) is 14.9 Å². The standard InChI is InChI=1S/C16H18N4O2S/c1-16(2,3)15(21)18-12-8-17-20(10-12)9-11-7-13(22-19-11)14-5-4-6-23-14/h4-8,10H,9H2,1-3H3,(H,18,21). The van der Waals surface area contributed by atoms with Crippen molar-refractivity contribution in [3.63, 3.8) is 0 Å². The fraction of sp³-hybridized carbons (Fsp3) is 0.312. The number of carbonyl (C=O) groups is 1. The van der Waals surface area contributed by atoms with Crippen LogP contribution in [0.5, 0.6) is 0 Å². The summed E-state index contributed by atoms with van der Waals surface area (Å²) >= 11 is 1.61. The first kappa shape index (κ1) is 15.5. The summed E-state index contributed by atoms with van der Waals surface area (Å²) in [4.78, 5) is 13.0. The Morgan fingerprint density at radius 3 is 2.96 bits per heavy atom. The third kappa shape index (κ3) is 3.68. The van der Waals surface area contributed by atoms with E-state index in [1.165, 1.54) is 0 Å². The Kier molecular flexibility index (Phi) is 4.04. The van der Waals surface area contributed by atoms with Crippen molar-refractivity contribution in [2.45, 2.75) is 27.3 Å². The van der Waals surface area contributed by atoms with Crippen LogP contribution in [0.4, 0.5) is 5.69 Å². The summed E-state index contributed by atoms with van der Waals surface area (Å²) in [6.07, 6.45) is 3.41. The zero-order valence-corrected chi connectivity index (χ0v) is 14.1. The number of thiophene rings is 1. The van der Waals surface area contributed by atoms with Gasteiger partial charge in [-0.3, -0.25) is 9.48 Å². The van der Waals surface area contributed by atoms with Crippen molar-refractivity contribution in [3.8, 4) is 10.6 Å². The number of anilines is 1. The SMILES string of the molecule is CC(C)(C)C(=O)Nc1cnn(Cc2cc(-c3cccs3)on2)c1. The molecule has 0 fully saturated rings. The maximum absolute atomic E-state index is 12.0. The van der Waals surface area contributed by atoms with E-state index in [0.717, 1.165) is 16.3 Å². The molecule has 0 saturated carbocycles. The number of nitrogens with one attached hydrogen (secondary N) is 1. The summed E-state index contributed by atoms with van der Waals surface area (Å²) in [5, 5.41) is 13.1. The Hall–Kier alpha value is -2.41. The van der Waals surface area contributed by atoms with Gasteiger partial charge in [0.25, 0.3) is 0 Å². The molecule has 3 aromatic rings. The van der Waals surface area contributed by atoms with Crippen LogP contribution in [0.3, 0.4) is 0 Å². The van der Waals surface area contributed by atoms with Gasteiger partial charge < -0.3 is 9.84 Å². The number of hydrogen-bond donors (Lipinski definition) is 1. The minimum atomic E-state index is -0.441. The quantitative estimate of drug-likeness (QED) is 0.793. The third-order valence-electron chi connectivity index (χ3n) is 3.22. The van der Waals surface area contributed by atoms with E-state index < -0.39 is 5.41 Å². The highest BCUT2D eigenvalue weighted by Crippen LogP contribution is 2.25. The largest absolute Gasteiger partial charge is 0.355 e. The molecule has 0 aromatic carbocycles. The lowest BCUT2D eigenvalue weighted by molar-refractivity contribution is -0.123.